The molecule has 150 valence electrons. The minimum atomic E-state index is -0.781. The fraction of sp³-hybridized carbons (Fsp3) is 0.182. The van der Waals surface area contributed by atoms with Crippen LogP contribution in [0.5, 0.6) is 0 Å². The Hall–Kier alpha value is -3.52. The molecule has 0 aliphatic carbocycles. The fourth-order valence-corrected chi connectivity index (χ4v) is 5.07. The zero-order valence-corrected chi connectivity index (χ0v) is 17.2. The number of aromatic nitrogens is 2. The van der Waals surface area contributed by atoms with Crippen LogP contribution in [0.25, 0.3) is 22.1 Å². The molecule has 4 aromatic rings. The molecule has 4 heterocycles. The highest BCUT2D eigenvalue weighted by Crippen LogP contribution is 2.44. The van der Waals surface area contributed by atoms with Gasteiger partial charge in [-0.3, -0.25) is 15.1 Å². The van der Waals surface area contributed by atoms with E-state index in [1.165, 1.54) is 11.2 Å². The van der Waals surface area contributed by atoms with Gasteiger partial charge in [0.2, 0.25) is 5.91 Å². The topological polar surface area (TPSA) is 95.1 Å². The van der Waals surface area contributed by atoms with Crippen LogP contribution >= 0.6 is 11.3 Å². The van der Waals surface area contributed by atoms with Gasteiger partial charge in [-0.1, -0.05) is 6.07 Å². The average molecular weight is 417 g/mol. The van der Waals surface area contributed by atoms with E-state index in [-0.39, 0.29) is 11.9 Å². The highest BCUT2D eigenvalue weighted by Gasteiger charge is 2.49. The molecule has 2 N–H and O–H groups in total. The smallest absolute Gasteiger partial charge is 0.239 e. The Balaban J connectivity index is 1.64. The summed E-state index contributed by atoms with van der Waals surface area (Å²) in [7, 11) is 1.63. The van der Waals surface area contributed by atoms with E-state index in [1.54, 1.807) is 37.0 Å². The summed E-state index contributed by atoms with van der Waals surface area (Å²) in [6, 6.07) is 9.74. The van der Waals surface area contributed by atoms with Crippen LogP contribution in [-0.2, 0) is 10.3 Å². The second-order valence-corrected chi connectivity index (χ2v) is 8.46. The van der Waals surface area contributed by atoms with Crippen molar-refractivity contribution in [3.05, 3.63) is 71.1 Å². The molecule has 30 heavy (non-hydrogen) atoms. The summed E-state index contributed by atoms with van der Waals surface area (Å²) in [5.41, 5.74) is 2.77. The third-order valence-electron chi connectivity index (χ3n) is 5.68. The van der Waals surface area contributed by atoms with Crippen LogP contribution in [0.1, 0.15) is 23.3 Å². The molecular formula is C22H19N5O2S. The third kappa shape index (κ3) is 2.80. The summed E-state index contributed by atoms with van der Waals surface area (Å²) in [5.74, 6) is -0.544. The van der Waals surface area contributed by atoms with Crippen molar-refractivity contribution < 1.29 is 9.21 Å². The van der Waals surface area contributed by atoms with E-state index in [9.17, 15) is 4.79 Å². The second kappa shape index (κ2) is 6.77. The van der Waals surface area contributed by atoms with Gasteiger partial charge in [-0.05, 0) is 47.7 Å². The molecular weight excluding hydrogens is 398 g/mol. The average Bonchev–Trinajstić information content (AvgIpc) is 3.42. The lowest BCUT2D eigenvalue weighted by molar-refractivity contribution is -0.131. The van der Waals surface area contributed by atoms with Crippen LogP contribution in [0.15, 0.2) is 65.1 Å². The van der Waals surface area contributed by atoms with Crippen LogP contribution in [0.3, 0.4) is 0 Å². The second-order valence-electron chi connectivity index (χ2n) is 7.55. The molecule has 1 aliphatic heterocycles. The lowest BCUT2D eigenvalue weighted by Crippen LogP contribution is -2.62. The summed E-state index contributed by atoms with van der Waals surface area (Å²) in [6.45, 7) is 1.98. The van der Waals surface area contributed by atoms with E-state index in [4.69, 9.17) is 9.83 Å². The molecule has 0 spiro atoms. The molecule has 1 fully saturated rings. The Bertz CT molecular complexity index is 1260. The zero-order chi connectivity index (χ0) is 20.9. The van der Waals surface area contributed by atoms with Gasteiger partial charge >= 0.3 is 0 Å². The van der Waals surface area contributed by atoms with Gasteiger partial charge in [0, 0.05) is 35.3 Å². The SMILES string of the molecule is CN1C(=N)N[C@](C)(c2cc(-c3cncnc3)cs2)[C@@H](c2ccc3occc3c2)C1=O. The summed E-state index contributed by atoms with van der Waals surface area (Å²) in [4.78, 5) is 23.9. The first-order chi connectivity index (χ1) is 14.5. The van der Waals surface area contributed by atoms with Gasteiger partial charge in [0.25, 0.3) is 0 Å². The lowest BCUT2D eigenvalue weighted by Gasteiger charge is -2.45. The van der Waals surface area contributed by atoms with Crippen molar-refractivity contribution in [2.75, 3.05) is 7.05 Å². The van der Waals surface area contributed by atoms with Crippen LogP contribution < -0.4 is 5.32 Å². The van der Waals surface area contributed by atoms with Gasteiger partial charge in [-0.2, -0.15) is 0 Å². The number of hydrogen-bond donors (Lipinski definition) is 2. The number of amides is 1. The molecule has 1 aliphatic rings. The van der Waals surface area contributed by atoms with E-state index in [2.05, 4.69) is 15.3 Å². The first-order valence-corrected chi connectivity index (χ1v) is 10.3. The molecule has 1 aromatic carbocycles. The molecule has 0 bridgehead atoms. The van der Waals surface area contributed by atoms with Crippen LogP contribution in [0.2, 0.25) is 0 Å². The number of nitrogens with one attached hydrogen (secondary N) is 2. The maximum absolute atomic E-state index is 13.4. The van der Waals surface area contributed by atoms with Crippen molar-refractivity contribution in [1.29, 1.82) is 5.41 Å². The largest absolute Gasteiger partial charge is 0.464 e. The summed E-state index contributed by atoms with van der Waals surface area (Å²) in [6.07, 6.45) is 6.67. The highest BCUT2D eigenvalue weighted by molar-refractivity contribution is 7.10. The molecule has 1 saturated heterocycles. The van der Waals surface area contributed by atoms with Crippen molar-refractivity contribution in [3.63, 3.8) is 0 Å². The standard InChI is InChI=1S/C22H19N5O2S/c1-22(18-8-15(11-30-18)16-9-24-12-25-10-16)19(20(28)27(2)21(23)26-22)14-3-4-17-13(7-14)5-6-29-17/h3-12,19H,1-2H3,(H2,23,26)/t19-,22+/m0/s1. The number of fused-ring (bicyclic) bond motifs is 1. The van der Waals surface area contributed by atoms with Gasteiger partial charge in [-0.15, -0.1) is 11.3 Å². The first kappa shape index (κ1) is 18.5. The Morgan fingerprint density at radius 1 is 1.20 bits per heavy atom. The number of benzene rings is 1. The van der Waals surface area contributed by atoms with Crippen molar-refractivity contribution in [2.24, 2.45) is 0 Å². The maximum Gasteiger partial charge on any atom is 0.239 e. The van der Waals surface area contributed by atoms with Gasteiger partial charge in [0.05, 0.1) is 17.7 Å². The first-order valence-electron chi connectivity index (χ1n) is 9.43. The van der Waals surface area contributed by atoms with Gasteiger partial charge in [-0.25, -0.2) is 9.97 Å². The molecule has 2 atom stereocenters. The van der Waals surface area contributed by atoms with Crippen LogP contribution in [0.4, 0.5) is 0 Å². The molecule has 8 heteroatoms. The number of furan rings is 1. The summed E-state index contributed by atoms with van der Waals surface area (Å²) >= 11 is 1.55. The quantitative estimate of drug-likeness (QED) is 0.526. The molecule has 7 nitrogen and oxygen atoms in total. The van der Waals surface area contributed by atoms with Crippen molar-refractivity contribution >= 4 is 34.2 Å². The zero-order valence-electron chi connectivity index (χ0n) is 16.4. The maximum atomic E-state index is 13.4. The number of hydrogen-bond acceptors (Lipinski definition) is 6. The predicted octanol–water partition coefficient (Wildman–Crippen LogP) is 3.95. The minimum Gasteiger partial charge on any atom is -0.464 e. The van der Waals surface area contributed by atoms with E-state index in [0.717, 1.165) is 32.5 Å². The Morgan fingerprint density at radius 2 is 2.00 bits per heavy atom. The summed E-state index contributed by atoms with van der Waals surface area (Å²) < 4.78 is 5.46. The van der Waals surface area contributed by atoms with E-state index in [0.29, 0.717) is 0 Å². The van der Waals surface area contributed by atoms with Gasteiger partial charge < -0.3 is 9.73 Å². The predicted molar refractivity (Wildman–Crippen MR) is 115 cm³/mol. The normalized spacial score (nSPS) is 21.8. The van der Waals surface area contributed by atoms with Crippen molar-refractivity contribution in [1.82, 2.24) is 20.2 Å². The lowest BCUT2D eigenvalue weighted by atomic mass is 9.76. The monoisotopic (exact) mass is 417 g/mol. The third-order valence-corrected chi connectivity index (χ3v) is 6.85. The van der Waals surface area contributed by atoms with Gasteiger partial charge in [0.1, 0.15) is 11.9 Å². The van der Waals surface area contributed by atoms with E-state index < -0.39 is 11.5 Å². The number of rotatable bonds is 3. The van der Waals surface area contributed by atoms with Crippen molar-refractivity contribution in [2.45, 2.75) is 18.4 Å². The number of nitrogens with zero attached hydrogens (tertiary/aromatic N) is 3. The number of guanidine groups is 1. The van der Waals surface area contributed by atoms with E-state index in [1.807, 2.05) is 42.6 Å². The molecule has 0 saturated carbocycles. The van der Waals surface area contributed by atoms with E-state index >= 15 is 0 Å². The Kier molecular flexibility index (Phi) is 4.18. The molecule has 3 aromatic heterocycles. The molecule has 1 amide bonds. The molecule has 0 unspecified atom stereocenters. The number of carbonyl (C=O) groups excluding carboxylic acids is 1. The Labute approximate surface area is 176 Å². The molecule has 5 rings (SSSR count). The number of carbonyl (C=O) groups is 1. The number of thiophene rings is 1. The van der Waals surface area contributed by atoms with Gasteiger partial charge in [0.15, 0.2) is 5.96 Å². The van der Waals surface area contributed by atoms with Crippen molar-refractivity contribution in [3.8, 4) is 11.1 Å². The minimum absolute atomic E-state index is 0.0844. The fourth-order valence-electron chi connectivity index (χ4n) is 4.01. The highest BCUT2D eigenvalue weighted by atomic mass is 32.1. The molecule has 0 radical (unpaired) electrons. The number of likely N-dealkylation sites (N-methyl/N-ethyl adjacent to an activating group) is 1. The van der Waals surface area contributed by atoms with Crippen LogP contribution in [0, 0.1) is 5.41 Å². The van der Waals surface area contributed by atoms with Crippen LogP contribution in [-0.4, -0.2) is 33.8 Å². The summed E-state index contributed by atoms with van der Waals surface area (Å²) in [5, 5.41) is 14.6. The Morgan fingerprint density at radius 3 is 2.80 bits per heavy atom.